The molecule has 19 heavy (non-hydrogen) atoms. The van der Waals surface area contributed by atoms with Gasteiger partial charge in [-0.15, -0.1) is 0 Å². The van der Waals surface area contributed by atoms with Crippen molar-refractivity contribution >= 4 is 5.97 Å². The van der Waals surface area contributed by atoms with Gasteiger partial charge in [0.25, 0.3) is 0 Å². The predicted molar refractivity (Wildman–Crippen MR) is 68.4 cm³/mol. The van der Waals surface area contributed by atoms with Crippen LogP contribution in [0.15, 0.2) is 25.0 Å². The number of nitrogens with zero attached hydrogens (tertiary/aromatic N) is 4. The summed E-state index contributed by atoms with van der Waals surface area (Å²) in [5.41, 5.74) is 6.27. The maximum atomic E-state index is 11.5. The third-order valence-electron chi connectivity index (χ3n) is 3.25. The number of carboxylic acids is 1. The summed E-state index contributed by atoms with van der Waals surface area (Å²) in [4.78, 5) is 19.5. The molecule has 0 bridgehead atoms. The number of carboxylic acid groups (broad SMARTS) is 1. The molecule has 0 amide bonds. The Morgan fingerprint density at radius 3 is 1.89 bits per heavy atom. The van der Waals surface area contributed by atoms with Crippen molar-refractivity contribution in [1.82, 2.24) is 19.1 Å². The number of hydrogen-bond donors (Lipinski definition) is 2. The fourth-order valence-corrected chi connectivity index (χ4v) is 1.97. The van der Waals surface area contributed by atoms with Crippen molar-refractivity contribution in [2.24, 2.45) is 19.8 Å². The number of aryl methyl sites for hydroxylation is 2. The molecule has 0 spiro atoms. The van der Waals surface area contributed by atoms with E-state index in [0.717, 1.165) is 11.4 Å². The van der Waals surface area contributed by atoms with E-state index < -0.39 is 11.5 Å². The number of imidazole rings is 2. The minimum atomic E-state index is -1.37. The van der Waals surface area contributed by atoms with Crippen molar-refractivity contribution in [3.8, 4) is 0 Å². The summed E-state index contributed by atoms with van der Waals surface area (Å²) >= 11 is 0. The average Bonchev–Trinajstić information content (AvgIpc) is 2.90. The van der Waals surface area contributed by atoms with Crippen LogP contribution in [0, 0.1) is 0 Å². The van der Waals surface area contributed by atoms with Crippen LogP contribution in [0.25, 0.3) is 0 Å². The molecule has 0 aliphatic carbocycles. The molecule has 102 valence electrons. The molecule has 2 aromatic heterocycles. The topological polar surface area (TPSA) is 99.0 Å². The molecule has 7 heteroatoms. The summed E-state index contributed by atoms with van der Waals surface area (Å²) in [6, 6.07) is 0. The number of carbonyl (C=O) groups is 1. The molecule has 0 saturated heterocycles. The van der Waals surface area contributed by atoms with Crippen molar-refractivity contribution in [3.05, 3.63) is 36.4 Å². The Balaban J connectivity index is 2.26. The van der Waals surface area contributed by atoms with Crippen LogP contribution in [0.1, 0.15) is 11.4 Å². The summed E-state index contributed by atoms with van der Waals surface area (Å²) in [5, 5.41) is 9.43. The van der Waals surface area contributed by atoms with Crippen molar-refractivity contribution in [2.45, 2.75) is 18.4 Å². The van der Waals surface area contributed by atoms with Gasteiger partial charge in [0, 0.05) is 50.7 Å². The summed E-state index contributed by atoms with van der Waals surface area (Å²) in [7, 11) is 3.63. The molecule has 0 atom stereocenters. The van der Waals surface area contributed by atoms with E-state index >= 15 is 0 Å². The second kappa shape index (κ2) is 4.85. The zero-order valence-corrected chi connectivity index (χ0v) is 10.9. The van der Waals surface area contributed by atoms with Crippen LogP contribution < -0.4 is 5.73 Å². The Kier molecular flexibility index (Phi) is 3.39. The normalized spacial score (nSPS) is 11.7. The lowest BCUT2D eigenvalue weighted by molar-refractivity contribution is -0.143. The second-order valence-electron chi connectivity index (χ2n) is 4.81. The van der Waals surface area contributed by atoms with Crippen LogP contribution in [0.5, 0.6) is 0 Å². The maximum Gasteiger partial charge on any atom is 0.324 e. The Labute approximate surface area is 110 Å². The molecule has 2 aromatic rings. The fourth-order valence-electron chi connectivity index (χ4n) is 1.97. The third kappa shape index (κ3) is 2.65. The van der Waals surface area contributed by atoms with Crippen molar-refractivity contribution in [2.75, 3.05) is 0 Å². The largest absolute Gasteiger partial charge is 0.480 e. The highest BCUT2D eigenvalue weighted by Crippen LogP contribution is 2.17. The molecule has 2 heterocycles. The van der Waals surface area contributed by atoms with Crippen LogP contribution in [0.3, 0.4) is 0 Å². The van der Waals surface area contributed by atoms with Gasteiger partial charge in [-0.3, -0.25) is 4.79 Å². The van der Waals surface area contributed by atoms with E-state index in [9.17, 15) is 9.90 Å². The number of aromatic nitrogens is 4. The smallest absolute Gasteiger partial charge is 0.324 e. The maximum absolute atomic E-state index is 11.5. The highest BCUT2D eigenvalue weighted by molar-refractivity contribution is 5.79. The van der Waals surface area contributed by atoms with E-state index in [1.54, 1.807) is 34.2 Å². The van der Waals surface area contributed by atoms with Gasteiger partial charge in [-0.25, -0.2) is 9.97 Å². The van der Waals surface area contributed by atoms with E-state index in [-0.39, 0.29) is 12.8 Å². The highest BCUT2D eigenvalue weighted by atomic mass is 16.4. The summed E-state index contributed by atoms with van der Waals surface area (Å²) in [5.74, 6) is -1.03. The third-order valence-corrected chi connectivity index (χ3v) is 3.25. The lowest BCUT2D eigenvalue weighted by Crippen LogP contribution is -2.52. The van der Waals surface area contributed by atoms with Crippen LogP contribution in [-0.4, -0.2) is 35.7 Å². The number of rotatable bonds is 5. The molecule has 0 aliphatic heterocycles. The van der Waals surface area contributed by atoms with Gasteiger partial charge in [-0.05, 0) is 0 Å². The first-order valence-electron chi connectivity index (χ1n) is 5.85. The van der Waals surface area contributed by atoms with Crippen LogP contribution >= 0.6 is 0 Å². The van der Waals surface area contributed by atoms with Crippen LogP contribution in [0.4, 0.5) is 0 Å². The quantitative estimate of drug-likeness (QED) is 0.773. The summed E-state index contributed by atoms with van der Waals surface area (Å²) in [6.45, 7) is 0. The first-order valence-corrected chi connectivity index (χ1v) is 5.85. The Morgan fingerprint density at radius 1 is 1.21 bits per heavy atom. The molecule has 0 aliphatic rings. The number of aliphatic carboxylic acids is 1. The van der Waals surface area contributed by atoms with E-state index in [4.69, 9.17) is 5.73 Å². The molecule has 2 rings (SSSR count). The second-order valence-corrected chi connectivity index (χ2v) is 4.81. The Hall–Kier alpha value is -2.15. The Morgan fingerprint density at radius 2 is 1.63 bits per heavy atom. The van der Waals surface area contributed by atoms with Gasteiger partial charge in [-0.2, -0.15) is 0 Å². The zero-order valence-electron chi connectivity index (χ0n) is 10.9. The summed E-state index contributed by atoms with van der Waals surface area (Å²) in [6.07, 6.45) is 6.94. The first-order chi connectivity index (χ1) is 8.92. The van der Waals surface area contributed by atoms with E-state index in [2.05, 4.69) is 9.97 Å². The van der Waals surface area contributed by atoms with Gasteiger partial charge in [0.2, 0.25) is 0 Å². The van der Waals surface area contributed by atoms with Gasteiger partial charge < -0.3 is 20.0 Å². The lowest BCUT2D eigenvalue weighted by atomic mass is 9.89. The van der Waals surface area contributed by atoms with E-state index in [1.165, 1.54) is 0 Å². The molecule has 7 nitrogen and oxygen atoms in total. The van der Waals surface area contributed by atoms with Crippen molar-refractivity contribution in [3.63, 3.8) is 0 Å². The average molecular weight is 263 g/mol. The monoisotopic (exact) mass is 263 g/mol. The van der Waals surface area contributed by atoms with Crippen LogP contribution in [-0.2, 0) is 31.7 Å². The van der Waals surface area contributed by atoms with Gasteiger partial charge in [0.15, 0.2) is 0 Å². The SMILES string of the molecule is Cn1cncc1CC(N)(Cc1cncn1C)C(=O)O. The molecule has 0 radical (unpaired) electrons. The van der Waals surface area contributed by atoms with Gasteiger partial charge >= 0.3 is 5.97 Å². The lowest BCUT2D eigenvalue weighted by Gasteiger charge is -2.24. The predicted octanol–water partition coefficient (Wildman–Crippen LogP) is -0.279. The fraction of sp³-hybridized carbons (Fsp3) is 0.417. The van der Waals surface area contributed by atoms with Crippen molar-refractivity contribution < 1.29 is 9.90 Å². The molecular weight excluding hydrogens is 246 g/mol. The zero-order chi connectivity index (χ0) is 14.0. The first kappa shape index (κ1) is 13.3. The standard InChI is InChI=1S/C12H17N5O2/c1-16-7-14-5-9(16)3-12(13,11(18)19)4-10-6-15-8-17(10)2/h5-8H,3-4,13H2,1-2H3,(H,18,19). The van der Waals surface area contributed by atoms with Gasteiger partial charge in [0.05, 0.1) is 12.7 Å². The molecule has 0 saturated carbocycles. The number of nitrogens with two attached hydrogens (primary N) is 1. The minimum Gasteiger partial charge on any atom is -0.480 e. The van der Waals surface area contributed by atoms with Gasteiger partial charge in [-0.1, -0.05) is 0 Å². The van der Waals surface area contributed by atoms with Crippen molar-refractivity contribution in [1.29, 1.82) is 0 Å². The van der Waals surface area contributed by atoms with E-state index in [1.807, 2.05) is 14.1 Å². The molecular formula is C12H17N5O2. The van der Waals surface area contributed by atoms with E-state index in [0.29, 0.717) is 0 Å². The molecule has 0 fully saturated rings. The van der Waals surface area contributed by atoms with Crippen LogP contribution in [0.2, 0.25) is 0 Å². The number of hydrogen-bond acceptors (Lipinski definition) is 4. The Bertz CT molecular complexity index is 544. The minimum absolute atomic E-state index is 0.212. The van der Waals surface area contributed by atoms with Gasteiger partial charge in [0.1, 0.15) is 5.54 Å². The highest BCUT2D eigenvalue weighted by Gasteiger charge is 2.36. The molecule has 0 aromatic carbocycles. The summed E-state index contributed by atoms with van der Waals surface area (Å²) < 4.78 is 3.54. The molecule has 0 unspecified atom stereocenters. The molecule has 3 N–H and O–H groups in total.